The summed E-state index contributed by atoms with van der Waals surface area (Å²) >= 11 is 5.36. The summed E-state index contributed by atoms with van der Waals surface area (Å²) in [7, 11) is 0. The highest BCUT2D eigenvalue weighted by molar-refractivity contribution is 6.19. The van der Waals surface area contributed by atoms with Gasteiger partial charge >= 0.3 is 5.97 Å². The van der Waals surface area contributed by atoms with Crippen LogP contribution < -0.4 is 0 Å². The van der Waals surface area contributed by atoms with Crippen molar-refractivity contribution in [2.75, 3.05) is 19.1 Å². The Morgan fingerprint density at radius 3 is 2.80 bits per heavy atom. The van der Waals surface area contributed by atoms with Gasteiger partial charge in [0.1, 0.15) is 6.61 Å². The highest BCUT2D eigenvalue weighted by Crippen LogP contribution is 1.99. The molecule has 0 aliphatic rings. The third kappa shape index (κ3) is 3.69. The third-order valence-electron chi connectivity index (χ3n) is 0.969. The van der Waals surface area contributed by atoms with Gasteiger partial charge < -0.3 is 9.84 Å². The van der Waals surface area contributed by atoms with Crippen LogP contribution in [0.4, 0.5) is 0 Å². The highest BCUT2D eigenvalue weighted by Gasteiger charge is 2.11. The first-order valence-electron chi connectivity index (χ1n) is 3.05. The Kier molecular flexibility index (Phi) is 5.35. The van der Waals surface area contributed by atoms with Gasteiger partial charge in [0, 0.05) is 5.88 Å². The van der Waals surface area contributed by atoms with Gasteiger partial charge in [-0.05, 0) is 0 Å². The zero-order valence-electron chi connectivity index (χ0n) is 5.84. The Bertz CT molecular complexity index is 105. The van der Waals surface area contributed by atoms with Gasteiger partial charge in [0.05, 0.1) is 12.5 Å². The van der Waals surface area contributed by atoms with Crippen molar-refractivity contribution < 1.29 is 14.6 Å². The number of rotatable bonds is 4. The molecule has 3 nitrogen and oxygen atoms in total. The van der Waals surface area contributed by atoms with Gasteiger partial charge in [0.2, 0.25) is 0 Å². The van der Waals surface area contributed by atoms with E-state index in [1.807, 2.05) is 0 Å². The van der Waals surface area contributed by atoms with Crippen molar-refractivity contribution in [3.63, 3.8) is 0 Å². The lowest BCUT2D eigenvalue weighted by atomic mass is 10.2. The van der Waals surface area contributed by atoms with Crippen molar-refractivity contribution in [1.82, 2.24) is 0 Å². The summed E-state index contributed by atoms with van der Waals surface area (Å²) in [6.45, 7) is 1.59. The molecule has 0 heterocycles. The Balaban J connectivity index is 3.42. The van der Waals surface area contributed by atoms with E-state index in [4.69, 9.17) is 16.7 Å². The standard InChI is InChI=1S/C6H11ClO3/c1-5(4-7)6(9)10-3-2-8/h5,8H,2-4H2,1H3. The lowest BCUT2D eigenvalue weighted by molar-refractivity contribution is -0.148. The minimum absolute atomic E-state index is 0.0556. The van der Waals surface area contributed by atoms with E-state index in [0.29, 0.717) is 0 Å². The molecule has 0 aliphatic heterocycles. The van der Waals surface area contributed by atoms with Crippen LogP contribution in [0.3, 0.4) is 0 Å². The number of hydrogen-bond acceptors (Lipinski definition) is 3. The van der Waals surface area contributed by atoms with Gasteiger partial charge in [0.25, 0.3) is 0 Å². The van der Waals surface area contributed by atoms with E-state index in [1.165, 1.54) is 0 Å². The number of carbonyl (C=O) groups is 1. The zero-order valence-corrected chi connectivity index (χ0v) is 6.60. The number of halogens is 1. The molecule has 0 aromatic heterocycles. The Labute approximate surface area is 64.9 Å². The summed E-state index contributed by atoms with van der Waals surface area (Å²) in [5.41, 5.74) is 0. The van der Waals surface area contributed by atoms with E-state index in [-0.39, 0.29) is 31.0 Å². The van der Waals surface area contributed by atoms with Crippen molar-refractivity contribution in [2.24, 2.45) is 5.92 Å². The molecule has 0 saturated carbocycles. The number of esters is 1. The van der Waals surface area contributed by atoms with Crippen molar-refractivity contribution in [2.45, 2.75) is 6.92 Å². The van der Waals surface area contributed by atoms with Gasteiger partial charge in [-0.25, -0.2) is 0 Å². The molecule has 0 rings (SSSR count). The first kappa shape index (κ1) is 9.72. The van der Waals surface area contributed by atoms with E-state index in [1.54, 1.807) is 6.92 Å². The van der Waals surface area contributed by atoms with Crippen molar-refractivity contribution >= 4 is 17.6 Å². The molecule has 0 aliphatic carbocycles. The molecule has 0 amide bonds. The average Bonchev–Trinajstić information content (AvgIpc) is 1.98. The lowest BCUT2D eigenvalue weighted by Crippen LogP contribution is -2.17. The van der Waals surface area contributed by atoms with Crippen LogP contribution in [-0.2, 0) is 9.53 Å². The van der Waals surface area contributed by atoms with Crippen molar-refractivity contribution in [1.29, 1.82) is 0 Å². The van der Waals surface area contributed by atoms with Gasteiger partial charge in [-0.1, -0.05) is 6.92 Å². The number of alkyl halides is 1. The number of aliphatic hydroxyl groups excluding tert-OH is 1. The number of ether oxygens (including phenoxy) is 1. The predicted molar refractivity (Wildman–Crippen MR) is 37.9 cm³/mol. The van der Waals surface area contributed by atoms with Gasteiger partial charge in [-0.15, -0.1) is 11.6 Å². The average molecular weight is 167 g/mol. The number of aliphatic hydroxyl groups is 1. The van der Waals surface area contributed by atoms with Gasteiger partial charge in [-0.2, -0.15) is 0 Å². The maximum Gasteiger partial charge on any atom is 0.309 e. The van der Waals surface area contributed by atoms with E-state index in [0.717, 1.165) is 0 Å². The molecule has 0 aromatic carbocycles. The normalized spacial score (nSPS) is 12.7. The summed E-state index contributed by atoms with van der Waals surface area (Å²) in [6.07, 6.45) is 0. The summed E-state index contributed by atoms with van der Waals surface area (Å²) in [5, 5.41) is 8.26. The molecule has 10 heavy (non-hydrogen) atoms. The minimum atomic E-state index is -0.357. The monoisotopic (exact) mass is 166 g/mol. The second-order valence-electron chi connectivity index (χ2n) is 1.95. The molecular formula is C6H11ClO3. The van der Waals surface area contributed by atoms with E-state index in [9.17, 15) is 4.79 Å². The molecule has 0 aromatic rings. The molecule has 1 unspecified atom stereocenters. The molecule has 0 radical (unpaired) electrons. The lowest BCUT2D eigenvalue weighted by Gasteiger charge is -2.05. The molecule has 60 valence electrons. The molecule has 0 saturated heterocycles. The molecule has 0 bridgehead atoms. The van der Waals surface area contributed by atoms with Crippen LogP contribution in [0.5, 0.6) is 0 Å². The molecule has 1 N–H and O–H groups in total. The summed E-state index contributed by atoms with van der Waals surface area (Å²) in [4.78, 5) is 10.7. The maximum absolute atomic E-state index is 10.7. The molecular weight excluding hydrogens is 156 g/mol. The van der Waals surface area contributed by atoms with Gasteiger partial charge in [0.15, 0.2) is 0 Å². The van der Waals surface area contributed by atoms with E-state index >= 15 is 0 Å². The van der Waals surface area contributed by atoms with E-state index < -0.39 is 0 Å². The molecule has 0 fully saturated rings. The molecule has 0 spiro atoms. The first-order chi connectivity index (χ1) is 4.72. The van der Waals surface area contributed by atoms with Crippen LogP contribution >= 0.6 is 11.6 Å². The second-order valence-corrected chi connectivity index (χ2v) is 2.26. The van der Waals surface area contributed by atoms with Crippen LogP contribution in [-0.4, -0.2) is 30.2 Å². The summed E-state index contributed by atoms with van der Waals surface area (Å²) in [6, 6.07) is 0. The topological polar surface area (TPSA) is 46.5 Å². The van der Waals surface area contributed by atoms with Crippen LogP contribution in [0.15, 0.2) is 0 Å². The largest absolute Gasteiger partial charge is 0.463 e. The first-order valence-corrected chi connectivity index (χ1v) is 3.59. The smallest absolute Gasteiger partial charge is 0.309 e. The van der Waals surface area contributed by atoms with E-state index in [2.05, 4.69) is 4.74 Å². The van der Waals surface area contributed by atoms with Gasteiger partial charge in [-0.3, -0.25) is 4.79 Å². The van der Waals surface area contributed by atoms with Crippen molar-refractivity contribution in [3.8, 4) is 0 Å². The SMILES string of the molecule is CC(CCl)C(=O)OCCO. The highest BCUT2D eigenvalue weighted by atomic mass is 35.5. The Hall–Kier alpha value is -0.280. The van der Waals surface area contributed by atoms with Crippen LogP contribution in [0, 0.1) is 5.92 Å². The fourth-order valence-electron chi connectivity index (χ4n) is 0.351. The zero-order chi connectivity index (χ0) is 7.98. The Morgan fingerprint density at radius 1 is 1.80 bits per heavy atom. The predicted octanol–water partition coefficient (Wildman–Crippen LogP) is 0.397. The number of hydrogen-bond donors (Lipinski definition) is 1. The summed E-state index contributed by atoms with van der Waals surface area (Å²) in [5.74, 6) is -0.387. The minimum Gasteiger partial charge on any atom is -0.463 e. The van der Waals surface area contributed by atoms with Crippen LogP contribution in [0.25, 0.3) is 0 Å². The Morgan fingerprint density at radius 2 is 2.40 bits per heavy atom. The quantitative estimate of drug-likeness (QED) is 0.486. The third-order valence-corrected chi connectivity index (χ3v) is 1.43. The molecule has 4 heteroatoms. The van der Waals surface area contributed by atoms with Crippen molar-refractivity contribution in [3.05, 3.63) is 0 Å². The fraction of sp³-hybridized carbons (Fsp3) is 0.833. The maximum atomic E-state index is 10.7. The summed E-state index contributed by atoms with van der Waals surface area (Å²) < 4.78 is 4.57. The molecule has 1 atom stereocenters. The second kappa shape index (κ2) is 5.50. The van der Waals surface area contributed by atoms with Crippen LogP contribution in [0.2, 0.25) is 0 Å². The number of carbonyl (C=O) groups excluding carboxylic acids is 1. The van der Waals surface area contributed by atoms with Crippen LogP contribution in [0.1, 0.15) is 6.92 Å². The fourth-order valence-corrected chi connectivity index (χ4v) is 0.477.